The summed E-state index contributed by atoms with van der Waals surface area (Å²) < 4.78 is 0. The van der Waals surface area contributed by atoms with E-state index in [1.165, 1.54) is 0 Å². The summed E-state index contributed by atoms with van der Waals surface area (Å²) in [5.74, 6) is 0.419. The smallest absolute Gasteiger partial charge is 0.240 e. The van der Waals surface area contributed by atoms with Gasteiger partial charge in [-0.2, -0.15) is 0 Å². The molecule has 1 saturated heterocycles. The van der Waals surface area contributed by atoms with Gasteiger partial charge in [-0.05, 0) is 38.5 Å². The first kappa shape index (κ1) is 13.3. The number of carbonyl (C=O) groups excluding carboxylic acids is 2. The van der Waals surface area contributed by atoms with Crippen molar-refractivity contribution in [2.24, 2.45) is 11.7 Å². The topological polar surface area (TPSA) is 75.4 Å². The fraction of sp³-hybridized carbons (Fsp3) is 0.846. The van der Waals surface area contributed by atoms with E-state index in [1.54, 1.807) is 6.92 Å². The lowest BCUT2D eigenvalue weighted by Crippen LogP contribution is -2.57. The van der Waals surface area contributed by atoms with Gasteiger partial charge in [0.2, 0.25) is 11.8 Å². The number of carbonyl (C=O) groups is 2. The van der Waals surface area contributed by atoms with E-state index >= 15 is 0 Å². The fourth-order valence-electron chi connectivity index (χ4n) is 2.55. The van der Waals surface area contributed by atoms with Crippen molar-refractivity contribution in [2.45, 2.75) is 51.1 Å². The molecule has 0 bridgehead atoms. The highest BCUT2D eigenvalue weighted by Gasteiger charge is 2.44. The molecule has 1 atom stereocenters. The first-order valence-corrected chi connectivity index (χ1v) is 6.76. The molecular formula is C13H23N3O2. The normalized spacial score (nSPS) is 24.5. The molecule has 1 saturated carbocycles. The molecule has 3 N–H and O–H groups in total. The Kier molecular flexibility index (Phi) is 3.61. The second-order valence-corrected chi connectivity index (χ2v) is 5.81. The molecule has 5 nitrogen and oxygen atoms in total. The van der Waals surface area contributed by atoms with Gasteiger partial charge < -0.3 is 16.0 Å². The summed E-state index contributed by atoms with van der Waals surface area (Å²) in [6.07, 6.45) is 3.77. The van der Waals surface area contributed by atoms with Gasteiger partial charge in [-0.15, -0.1) is 0 Å². The molecule has 0 aromatic carbocycles. The molecule has 5 heteroatoms. The number of rotatable bonds is 3. The lowest BCUT2D eigenvalue weighted by molar-refractivity contribution is -0.130. The molecule has 1 aliphatic heterocycles. The van der Waals surface area contributed by atoms with Crippen LogP contribution in [0.4, 0.5) is 0 Å². The third kappa shape index (κ3) is 2.83. The number of nitrogens with two attached hydrogens (primary N) is 1. The van der Waals surface area contributed by atoms with Crippen LogP contribution in [-0.2, 0) is 9.59 Å². The molecule has 2 amide bonds. The molecule has 0 radical (unpaired) electrons. The van der Waals surface area contributed by atoms with E-state index in [0.717, 1.165) is 38.8 Å². The zero-order chi connectivity index (χ0) is 13.3. The van der Waals surface area contributed by atoms with Crippen LogP contribution in [0.15, 0.2) is 0 Å². The SMILES string of the molecule is CC(=O)N1CCC(NC(=O)C(C)(N)C2CC2)CC1. The quantitative estimate of drug-likeness (QED) is 0.756. The maximum Gasteiger partial charge on any atom is 0.240 e. The number of nitrogens with one attached hydrogen (secondary N) is 1. The van der Waals surface area contributed by atoms with Gasteiger partial charge in [0.1, 0.15) is 0 Å². The van der Waals surface area contributed by atoms with E-state index in [4.69, 9.17) is 5.73 Å². The number of hydrogen-bond donors (Lipinski definition) is 2. The molecule has 2 rings (SSSR count). The van der Waals surface area contributed by atoms with Crippen LogP contribution in [0.2, 0.25) is 0 Å². The average molecular weight is 253 g/mol. The Hall–Kier alpha value is -1.10. The van der Waals surface area contributed by atoms with Crippen molar-refractivity contribution in [3.05, 3.63) is 0 Å². The fourth-order valence-corrected chi connectivity index (χ4v) is 2.55. The van der Waals surface area contributed by atoms with E-state index in [9.17, 15) is 9.59 Å². The van der Waals surface area contributed by atoms with Crippen molar-refractivity contribution in [3.8, 4) is 0 Å². The van der Waals surface area contributed by atoms with E-state index in [0.29, 0.717) is 5.92 Å². The third-order valence-corrected chi connectivity index (χ3v) is 4.19. The minimum absolute atomic E-state index is 0.0359. The molecule has 0 aromatic rings. The Bertz CT molecular complexity index is 342. The summed E-state index contributed by atoms with van der Waals surface area (Å²) in [5.41, 5.74) is 5.36. The van der Waals surface area contributed by atoms with Gasteiger partial charge in [-0.1, -0.05) is 0 Å². The van der Waals surface area contributed by atoms with Crippen LogP contribution in [0, 0.1) is 5.92 Å². The standard InChI is InChI=1S/C13H23N3O2/c1-9(17)16-7-5-11(6-8-16)15-12(18)13(2,14)10-3-4-10/h10-11H,3-8,14H2,1-2H3,(H,15,18). The van der Waals surface area contributed by atoms with Crippen molar-refractivity contribution >= 4 is 11.8 Å². The Labute approximate surface area is 108 Å². The highest BCUT2D eigenvalue weighted by Crippen LogP contribution is 2.38. The average Bonchev–Trinajstić information content (AvgIpc) is 3.13. The minimum Gasteiger partial charge on any atom is -0.352 e. The zero-order valence-electron chi connectivity index (χ0n) is 11.2. The van der Waals surface area contributed by atoms with E-state index in [1.807, 2.05) is 11.8 Å². The highest BCUT2D eigenvalue weighted by atomic mass is 16.2. The number of hydrogen-bond acceptors (Lipinski definition) is 3. The highest BCUT2D eigenvalue weighted by molar-refractivity contribution is 5.86. The number of nitrogens with zero attached hydrogens (tertiary/aromatic N) is 1. The van der Waals surface area contributed by atoms with E-state index < -0.39 is 5.54 Å². The Morgan fingerprint density at radius 1 is 1.22 bits per heavy atom. The second-order valence-electron chi connectivity index (χ2n) is 5.81. The van der Waals surface area contributed by atoms with Crippen LogP contribution >= 0.6 is 0 Å². The van der Waals surface area contributed by atoms with Gasteiger partial charge in [-0.3, -0.25) is 9.59 Å². The van der Waals surface area contributed by atoms with Crippen LogP contribution < -0.4 is 11.1 Å². The van der Waals surface area contributed by atoms with Crippen molar-refractivity contribution in [3.63, 3.8) is 0 Å². The first-order chi connectivity index (χ1) is 8.41. The molecule has 0 spiro atoms. The summed E-state index contributed by atoms with van der Waals surface area (Å²) in [6, 6.07) is 0.162. The predicted octanol–water partition coefficient (Wildman–Crippen LogP) is 0.241. The van der Waals surface area contributed by atoms with E-state index in [2.05, 4.69) is 5.32 Å². The summed E-state index contributed by atoms with van der Waals surface area (Å²) in [4.78, 5) is 25.1. The van der Waals surface area contributed by atoms with Gasteiger partial charge in [0.15, 0.2) is 0 Å². The molecule has 18 heavy (non-hydrogen) atoms. The van der Waals surface area contributed by atoms with Crippen LogP contribution in [0.25, 0.3) is 0 Å². The molecule has 2 fully saturated rings. The maximum absolute atomic E-state index is 12.1. The van der Waals surface area contributed by atoms with Gasteiger partial charge in [-0.25, -0.2) is 0 Å². The summed E-state index contributed by atoms with van der Waals surface area (Å²) >= 11 is 0. The molecule has 0 aromatic heterocycles. The van der Waals surface area contributed by atoms with Crippen LogP contribution in [0.1, 0.15) is 39.5 Å². The summed E-state index contributed by atoms with van der Waals surface area (Å²) in [7, 11) is 0. The van der Waals surface area contributed by atoms with Gasteiger partial charge >= 0.3 is 0 Å². The molecule has 1 heterocycles. The molecule has 1 unspecified atom stereocenters. The monoisotopic (exact) mass is 253 g/mol. The first-order valence-electron chi connectivity index (χ1n) is 6.76. The lowest BCUT2D eigenvalue weighted by Gasteiger charge is -2.34. The summed E-state index contributed by atoms with van der Waals surface area (Å²) in [6.45, 7) is 4.86. The number of likely N-dealkylation sites (tertiary alicyclic amines) is 1. The Morgan fingerprint density at radius 3 is 2.22 bits per heavy atom. The van der Waals surface area contributed by atoms with Crippen LogP contribution in [0.3, 0.4) is 0 Å². The van der Waals surface area contributed by atoms with E-state index in [-0.39, 0.29) is 17.9 Å². The molecular weight excluding hydrogens is 230 g/mol. The maximum atomic E-state index is 12.1. The van der Waals surface area contributed by atoms with Crippen molar-refractivity contribution in [2.75, 3.05) is 13.1 Å². The Morgan fingerprint density at radius 2 is 1.78 bits per heavy atom. The number of amides is 2. The lowest BCUT2D eigenvalue weighted by atomic mass is 9.94. The van der Waals surface area contributed by atoms with Crippen molar-refractivity contribution in [1.82, 2.24) is 10.2 Å². The number of piperidine rings is 1. The van der Waals surface area contributed by atoms with Gasteiger partial charge in [0.05, 0.1) is 5.54 Å². The molecule has 1 aliphatic carbocycles. The van der Waals surface area contributed by atoms with Crippen molar-refractivity contribution < 1.29 is 9.59 Å². The van der Waals surface area contributed by atoms with Gasteiger partial charge in [0.25, 0.3) is 0 Å². The predicted molar refractivity (Wildman–Crippen MR) is 68.7 cm³/mol. The molecule has 2 aliphatic rings. The Balaban J connectivity index is 1.81. The van der Waals surface area contributed by atoms with Crippen LogP contribution in [-0.4, -0.2) is 41.4 Å². The van der Waals surface area contributed by atoms with Crippen LogP contribution in [0.5, 0.6) is 0 Å². The largest absolute Gasteiger partial charge is 0.352 e. The second kappa shape index (κ2) is 4.88. The van der Waals surface area contributed by atoms with Gasteiger partial charge in [0, 0.05) is 26.1 Å². The van der Waals surface area contributed by atoms with Crippen molar-refractivity contribution in [1.29, 1.82) is 0 Å². The summed E-state index contributed by atoms with van der Waals surface area (Å²) in [5, 5.41) is 3.04. The minimum atomic E-state index is -0.724. The molecule has 102 valence electrons. The third-order valence-electron chi connectivity index (χ3n) is 4.19. The zero-order valence-corrected chi connectivity index (χ0v) is 11.2.